The van der Waals surface area contributed by atoms with Gasteiger partial charge in [-0.2, -0.15) is 11.3 Å². The predicted molar refractivity (Wildman–Crippen MR) is 136 cm³/mol. The zero-order valence-electron chi connectivity index (χ0n) is 19.4. The second kappa shape index (κ2) is 12.5. The van der Waals surface area contributed by atoms with E-state index in [1.165, 1.54) is 0 Å². The number of aromatic nitrogens is 1. The number of pyridine rings is 1. The Labute approximate surface area is 214 Å². The fourth-order valence-corrected chi connectivity index (χ4v) is 5.61. The van der Waals surface area contributed by atoms with Crippen LogP contribution in [0.5, 0.6) is 0 Å². The van der Waals surface area contributed by atoms with Gasteiger partial charge in [0.1, 0.15) is 10.3 Å². The average molecular weight is 523 g/mol. The molecular weight excluding hydrogens is 493 g/mol. The van der Waals surface area contributed by atoms with Gasteiger partial charge in [0.15, 0.2) is 0 Å². The highest BCUT2D eigenvalue weighted by molar-refractivity contribution is 7.07. The highest BCUT2D eigenvalue weighted by Crippen LogP contribution is 2.23. The third-order valence-corrected chi connectivity index (χ3v) is 7.45. The van der Waals surface area contributed by atoms with Crippen LogP contribution in [0.25, 0.3) is 4.85 Å². The summed E-state index contributed by atoms with van der Waals surface area (Å²) >= 11 is 13.6. The number of hydrogen-bond acceptors (Lipinski definition) is 5. The van der Waals surface area contributed by atoms with Crippen LogP contribution in [0.2, 0.25) is 10.3 Å². The maximum atomic E-state index is 12.6. The molecule has 0 unspecified atom stereocenters. The van der Waals surface area contributed by atoms with E-state index in [0.29, 0.717) is 24.2 Å². The fourth-order valence-electron chi connectivity index (χ4n) is 4.33. The summed E-state index contributed by atoms with van der Waals surface area (Å²) in [4.78, 5) is 36.7. The molecular formula is C24H29Cl2N5O2S. The van der Waals surface area contributed by atoms with Gasteiger partial charge in [0.2, 0.25) is 0 Å². The van der Waals surface area contributed by atoms with Crippen molar-refractivity contribution in [3.05, 3.63) is 61.3 Å². The summed E-state index contributed by atoms with van der Waals surface area (Å²) in [6.07, 6.45) is 2.54. The van der Waals surface area contributed by atoms with Gasteiger partial charge < -0.3 is 20.0 Å². The lowest BCUT2D eigenvalue weighted by molar-refractivity contribution is -0.133. The van der Waals surface area contributed by atoms with Crippen molar-refractivity contribution in [3.8, 4) is 0 Å². The Kier molecular flexibility index (Phi) is 9.72. The van der Waals surface area contributed by atoms with Crippen molar-refractivity contribution in [1.29, 1.82) is 0 Å². The smallest absolute Gasteiger partial charge is 0.303 e. The molecule has 0 aromatic carbocycles. The van der Waals surface area contributed by atoms with E-state index in [-0.39, 0.29) is 40.7 Å². The molecule has 0 spiro atoms. The summed E-state index contributed by atoms with van der Waals surface area (Å²) < 4.78 is 0. The van der Waals surface area contributed by atoms with E-state index in [0.717, 1.165) is 37.9 Å². The monoisotopic (exact) mass is 521 g/mol. The molecule has 1 atom stereocenters. The van der Waals surface area contributed by atoms with Crippen LogP contribution in [-0.2, 0) is 11.3 Å². The van der Waals surface area contributed by atoms with Gasteiger partial charge in [-0.3, -0.25) is 9.59 Å². The summed E-state index contributed by atoms with van der Waals surface area (Å²) in [6.45, 7) is 13.7. The molecule has 182 valence electrons. The van der Waals surface area contributed by atoms with Crippen molar-refractivity contribution in [2.45, 2.75) is 51.7 Å². The van der Waals surface area contributed by atoms with Crippen LogP contribution in [0.4, 0.5) is 0 Å². The molecule has 0 radical (unpaired) electrons. The Morgan fingerprint density at radius 2 is 2.12 bits per heavy atom. The van der Waals surface area contributed by atoms with E-state index in [9.17, 15) is 9.59 Å². The van der Waals surface area contributed by atoms with Crippen LogP contribution in [0.1, 0.15) is 47.7 Å². The van der Waals surface area contributed by atoms with E-state index in [2.05, 4.69) is 32.3 Å². The quantitative estimate of drug-likeness (QED) is 0.384. The molecule has 1 saturated heterocycles. The molecule has 1 fully saturated rings. The number of nitrogens with zero attached hydrogens (tertiary/aromatic N) is 4. The maximum Gasteiger partial charge on any atom is 0.303 e. The van der Waals surface area contributed by atoms with E-state index < -0.39 is 0 Å². The molecule has 34 heavy (non-hydrogen) atoms. The molecule has 1 aliphatic heterocycles. The first-order valence-electron chi connectivity index (χ1n) is 11.3. The SMILES string of the molecule is [C-]#[N+]CC(=O)N(Cc1ccsc1)C1CCN([C@H](C)CCNC(=O)c2c(C)cc(Cl)nc2Cl)CC1. The van der Waals surface area contributed by atoms with Crippen LogP contribution >= 0.6 is 34.5 Å². The third kappa shape index (κ3) is 6.92. The van der Waals surface area contributed by atoms with E-state index >= 15 is 0 Å². The minimum atomic E-state index is -0.250. The first kappa shape index (κ1) is 26.4. The molecule has 7 nitrogen and oxygen atoms in total. The predicted octanol–water partition coefficient (Wildman–Crippen LogP) is 4.68. The number of aryl methyl sites for hydroxylation is 1. The van der Waals surface area contributed by atoms with Crippen LogP contribution in [0, 0.1) is 13.5 Å². The lowest BCUT2D eigenvalue weighted by Crippen LogP contribution is -2.49. The van der Waals surface area contributed by atoms with Crippen molar-refractivity contribution in [3.63, 3.8) is 0 Å². The lowest BCUT2D eigenvalue weighted by Gasteiger charge is -2.40. The lowest BCUT2D eigenvalue weighted by atomic mass is 10.00. The van der Waals surface area contributed by atoms with E-state index in [4.69, 9.17) is 29.8 Å². The van der Waals surface area contributed by atoms with Crippen molar-refractivity contribution >= 4 is 46.4 Å². The minimum Gasteiger partial charge on any atom is -0.352 e. The number of nitrogens with one attached hydrogen (secondary N) is 1. The Balaban J connectivity index is 1.49. The Morgan fingerprint density at radius 3 is 2.74 bits per heavy atom. The molecule has 3 rings (SSSR count). The third-order valence-electron chi connectivity index (χ3n) is 6.25. The highest BCUT2D eigenvalue weighted by atomic mass is 35.5. The molecule has 2 aromatic heterocycles. The zero-order valence-corrected chi connectivity index (χ0v) is 21.7. The second-order valence-electron chi connectivity index (χ2n) is 8.56. The first-order valence-corrected chi connectivity index (χ1v) is 13.0. The number of piperidine rings is 1. The highest BCUT2D eigenvalue weighted by Gasteiger charge is 2.30. The Hall–Kier alpha value is -2.18. The molecule has 3 heterocycles. The topological polar surface area (TPSA) is 69.9 Å². The molecule has 1 aliphatic rings. The molecule has 1 N–H and O–H groups in total. The van der Waals surface area contributed by atoms with Gasteiger partial charge in [0, 0.05) is 38.3 Å². The Bertz CT molecular complexity index is 1010. The van der Waals surface area contributed by atoms with Gasteiger partial charge >= 0.3 is 5.91 Å². The number of thiophene rings is 1. The van der Waals surface area contributed by atoms with E-state index in [1.807, 2.05) is 16.3 Å². The maximum absolute atomic E-state index is 12.6. The van der Waals surface area contributed by atoms with Gasteiger partial charge in [-0.1, -0.05) is 23.2 Å². The largest absolute Gasteiger partial charge is 0.352 e. The summed E-state index contributed by atoms with van der Waals surface area (Å²) in [5, 5.41) is 7.37. The summed E-state index contributed by atoms with van der Waals surface area (Å²) in [5.74, 6) is -0.346. The minimum absolute atomic E-state index is 0.0962. The van der Waals surface area contributed by atoms with Gasteiger partial charge in [-0.05, 0) is 67.1 Å². The number of amides is 2. The van der Waals surface area contributed by atoms with E-state index in [1.54, 1.807) is 24.3 Å². The number of hydrogen-bond donors (Lipinski definition) is 1. The van der Waals surface area contributed by atoms with Gasteiger partial charge in [0.05, 0.1) is 5.56 Å². The fraction of sp³-hybridized carbons (Fsp3) is 0.500. The van der Waals surface area contributed by atoms with Crippen molar-refractivity contribution < 1.29 is 9.59 Å². The standard InChI is InChI=1S/C24H29Cl2N5O2S/c1-16-12-20(25)29-23(26)22(16)24(33)28-8-4-17(2)30-9-5-19(6-10-30)31(21(32)13-27-3)14-18-7-11-34-15-18/h7,11-12,15,17,19H,4-6,8-10,13-14H2,1-2H3,(H,28,33)/t17-/m1/s1. The molecule has 2 aromatic rings. The molecule has 0 saturated carbocycles. The van der Waals surface area contributed by atoms with Crippen LogP contribution < -0.4 is 5.32 Å². The van der Waals surface area contributed by atoms with Crippen LogP contribution in [0.3, 0.4) is 0 Å². The van der Waals surface area contributed by atoms with Crippen LogP contribution in [-0.4, -0.2) is 64.9 Å². The number of rotatable bonds is 9. The summed E-state index contributed by atoms with van der Waals surface area (Å²) in [5.41, 5.74) is 2.16. The first-order chi connectivity index (χ1) is 16.3. The summed E-state index contributed by atoms with van der Waals surface area (Å²) in [7, 11) is 0. The molecule has 0 bridgehead atoms. The normalized spacial score (nSPS) is 15.5. The average Bonchev–Trinajstić information content (AvgIpc) is 3.30. The van der Waals surface area contributed by atoms with Gasteiger partial charge in [0.25, 0.3) is 12.5 Å². The van der Waals surface area contributed by atoms with Gasteiger partial charge in [-0.25, -0.2) is 11.6 Å². The van der Waals surface area contributed by atoms with Gasteiger partial charge in [-0.15, -0.1) is 0 Å². The number of carbonyl (C=O) groups excluding carboxylic acids is 2. The van der Waals surface area contributed by atoms with Crippen molar-refractivity contribution in [2.24, 2.45) is 0 Å². The Morgan fingerprint density at radius 1 is 1.38 bits per heavy atom. The molecule has 2 amide bonds. The number of halogens is 2. The number of likely N-dealkylation sites (tertiary alicyclic amines) is 1. The van der Waals surface area contributed by atoms with Crippen molar-refractivity contribution in [2.75, 3.05) is 26.2 Å². The molecule has 10 heteroatoms. The summed E-state index contributed by atoms with van der Waals surface area (Å²) in [6, 6.07) is 4.08. The second-order valence-corrected chi connectivity index (χ2v) is 10.1. The van der Waals surface area contributed by atoms with Crippen LogP contribution in [0.15, 0.2) is 22.9 Å². The van der Waals surface area contributed by atoms with Crippen molar-refractivity contribution in [1.82, 2.24) is 20.1 Å². The zero-order chi connectivity index (χ0) is 24.7. The molecule has 0 aliphatic carbocycles. The number of carbonyl (C=O) groups is 2.